The van der Waals surface area contributed by atoms with Crippen molar-refractivity contribution < 1.29 is 34.1 Å². The van der Waals surface area contributed by atoms with E-state index < -0.39 is 30.3 Å². The van der Waals surface area contributed by atoms with Crippen LogP contribution in [0, 0.1) is 0 Å². The summed E-state index contributed by atoms with van der Waals surface area (Å²) >= 11 is 18.1. The third-order valence-corrected chi connectivity index (χ3v) is 6.59. The number of carbonyl (C=O) groups excluding carboxylic acids is 1. The van der Waals surface area contributed by atoms with Gasteiger partial charge in [-0.1, -0.05) is 59.3 Å². The zero-order valence-corrected chi connectivity index (χ0v) is 20.6. The van der Waals surface area contributed by atoms with E-state index in [1.54, 1.807) is 36.4 Å². The van der Waals surface area contributed by atoms with Crippen molar-refractivity contribution in [1.82, 2.24) is 4.90 Å². The zero-order chi connectivity index (χ0) is 25.0. The van der Waals surface area contributed by atoms with Gasteiger partial charge in [-0.05, 0) is 35.9 Å². The summed E-state index contributed by atoms with van der Waals surface area (Å²) in [6, 6.07) is 8.44. The van der Waals surface area contributed by atoms with Crippen LogP contribution in [0.3, 0.4) is 0 Å². The molecular weight excluding hydrogens is 525 g/mol. The number of benzene rings is 2. The van der Waals surface area contributed by atoms with Crippen molar-refractivity contribution in [2.45, 2.75) is 19.1 Å². The second kappa shape index (κ2) is 11.1. The highest BCUT2D eigenvalue weighted by Gasteiger charge is 2.41. The number of carboxylic acids is 2. The van der Waals surface area contributed by atoms with Crippen molar-refractivity contribution in [2.24, 2.45) is 0 Å². The summed E-state index contributed by atoms with van der Waals surface area (Å²) in [6.45, 7) is 0.171. The maximum atomic E-state index is 12.8. The second-order valence-corrected chi connectivity index (χ2v) is 9.46. The number of thioether (sulfide) groups is 1. The molecule has 8 nitrogen and oxygen atoms in total. The molecule has 178 valence electrons. The molecule has 2 aromatic rings. The molecule has 0 bridgehead atoms. The number of methoxy groups -OCH3 is 1. The molecule has 1 aliphatic rings. The van der Waals surface area contributed by atoms with Crippen LogP contribution >= 0.6 is 47.2 Å². The van der Waals surface area contributed by atoms with Gasteiger partial charge in [-0.3, -0.25) is 14.5 Å². The highest BCUT2D eigenvalue weighted by molar-refractivity contribution is 8.26. The van der Waals surface area contributed by atoms with Crippen LogP contribution in [0.25, 0.3) is 6.08 Å². The average Bonchev–Trinajstić information content (AvgIpc) is 3.04. The van der Waals surface area contributed by atoms with Gasteiger partial charge in [0, 0.05) is 15.6 Å². The van der Waals surface area contributed by atoms with Gasteiger partial charge in [0.2, 0.25) is 0 Å². The molecule has 34 heavy (non-hydrogen) atoms. The maximum Gasteiger partial charge on any atom is 0.327 e. The Hall–Kier alpha value is -2.79. The first kappa shape index (κ1) is 25.8. The molecule has 1 saturated heterocycles. The van der Waals surface area contributed by atoms with Gasteiger partial charge in [0.1, 0.15) is 17.0 Å². The Kier molecular flexibility index (Phi) is 8.42. The Balaban J connectivity index is 1.80. The highest BCUT2D eigenvalue weighted by Crippen LogP contribution is 2.36. The molecule has 0 saturated carbocycles. The summed E-state index contributed by atoms with van der Waals surface area (Å²) in [5, 5.41) is 19.3. The minimum Gasteiger partial charge on any atom is -0.493 e. The van der Waals surface area contributed by atoms with Crippen LogP contribution in [0.4, 0.5) is 0 Å². The highest BCUT2D eigenvalue weighted by atomic mass is 35.5. The average molecular weight is 542 g/mol. The van der Waals surface area contributed by atoms with Gasteiger partial charge in [-0.15, -0.1) is 0 Å². The number of hydrogen-bond donors (Lipinski definition) is 2. The Morgan fingerprint density at radius 3 is 2.53 bits per heavy atom. The van der Waals surface area contributed by atoms with Gasteiger partial charge in [-0.25, -0.2) is 4.79 Å². The Labute approximate surface area is 214 Å². The lowest BCUT2D eigenvalue weighted by Gasteiger charge is -2.21. The van der Waals surface area contributed by atoms with Gasteiger partial charge >= 0.3 is 11.9 Å². The second-order valence-electron chi connectivity index (χ2n) is 6.94. The van der Waals surface area contributed by atoms with E-state index in [-0.39, 0.29) is 15.8 Å². The van der Waals surface area contributed by atoms with Crippen LogP contribution in [-0.4, -0.2) is 50.4 Å². The molecule has 1 heterocycles. The molecule has 1 amide bonds. The fourth-order valence-corrected chi connectivity index (χ4v) is 4.86. The Morgan fingerprint density at radius 2 is 1.91 bits per heavy atom. The summed E-state index contributed by atoms with van der Waals surface area (Å²) in [5.41, 5.74) is 1.30. The van der Waals surface area contributed by atoms with Crippen LogP contribution < -0.4 is 9.47 Å². The number of aliphatic carboxylic acids is 2. The molecule has 0 aliphatic carbocycles. The van der Waals surface area contributed by atoms with Crippen molar-refractivity contribution >= 4 is 75.4 Å². The first-order valence-corrected chi connectivity index (χ1v) is 11.5. The zero-order valence-electron chi connectivity index (χ0n) is 17.5. The largest absolute Gasteiger partial charge is 0.493 e. The number of thiocarbonyl (C=S) groups is 1. The maximum absolute atomic E-state index is 12.8. The summed E-state index contributed by atoms with van der Waals surface area (Å²) in [4.78, 5) is 36.3. The number of carbonyl (C=O) groups is 3. The third kappa shape index (κ3) is 6.01. The van der Waals surface area contributed by atoms with Crippen molar-refractivity contribution in [3.8, 4) is 11.5 Å². The molecule has 0 radical (unpaired) electrons. The molecule has 0 aromatic heterocycles. The number of hydrogen-bond acceptors (Lipinski definition) is 7. The summed E-state index contributed by atoms with van der Waals surface area (Å²) in [7, 11) is 1.46. The Morgan fingerprint density at radius 1 is 1.18 bits per heavy atom. The van der Waals surface area contributed by atoms with E-state index in [2.05, 4.69) is 0 Å². The first-order chi connectivity index (χ1) is 16.1. The van der Waals surface area contributed by atoms with Crippen molar-refractivity contribution in [1.29, 1.82) is 0 Å². The van der Waals surface area contributed by atoms with E-state index in [1.165, 1.54) is 13.2 Å². The molecule has 1 unspecified atom stereocenters. The number of halogens is 2. The van der Waals surface area contributed by atoms with E-state index in [4.69, 9.17) is 50.0 Å². The van der Waals surface area contributed by atoms with Gasteiger partial charge in [0.05, 0.1) is 18.4 Å². The summed E-state index contributed by atoms with van der Waals surface area (Å²) in [6.07, 6.45) is 0.744. The predicted octanol–water partition coefficient (Wildman–Crippen LogP) is 4.71. The molecular formula is C22H17Cl2NO7S2. The fourth-order valence-electron chi connectivity index (χ4n) is 3.04. The van der Waals surface area contributed by atoms with Gasteiger partial charge in [0.15, 0.2) is 11.5 Å². The van der Waals surface area contributed by atoms with Crippen molar-refractivity contribution in [2.75, 3.05) is 7.11 Å². The lowest BCUT2D eigenvalue weighted by Crippen LogP contribution is -2.45. The van der Waals surface area contributed by atoms with Gasteiger partial charge in [-0.2, -0.15) is 0 Å². The predicted molar refractivity (Wildman–Crippen MR) is 132 cm³/mol. The van der Waals surface area contributed by atoms with Gasteiger partial charge in [0.25, 0.3) is 5.91 Å². The minimum atomic E-state index is -1.60. The van der Waals surface area contributed by atoms with Crippen LogP contribution in [0.2, 0.25) is 10.0 Å². The summed E-state index contributed by atoms with van der Waals surface area (Å²) in [5.74, 6) is -2.66. The monoisotopic (exact) mass is 541 g/mol. The number of carboxylic acid groups (broad SMARTS) is 2. The minimum absolute atomic E-state index is 0.0309. The standard InChI is InChI=1S/C22H17Cl2NO7S2/c1-31-17-6-11(2-5-16(17)32-10-12-3-4-13(23)8-14(12)24)7-18-20(28)25(22(33)34-18)15(21(29)30)9-19(26)27/h2-8,15H,9-10H2,1H3,(H,26,27)(H,29,30)/b18-7-. The molecule has 1 atom stereocenters. The van der Waals surface area contributed by atoms with Crippen LogP contribution in [-0.2, 0) is 21.0 Å². The van der Waals surface area contributed by atoms with Crippen molar-refractivity contribution in [3.05, 3.63) is 62.5 Å². The van der Waals surface area contributed by atoms with Crippen molar-refractivity contribution in [3.63, 3.8) is 0 Å². The SMILES string of the molecule is COc1cc(/C=C2\SC(=S)N(C(CC(=O)O)C(=O)O)C2=O)ccc1OCc1ccc(Cl)cc1Cl. The van der Waals surface area contributed by atoms with Crippen LogP contribution in [0.1, 0.15) is 17.5 Å². The number of nitrogens with zero attached hydrogens (tertiary/aromatic N) is 1. The third-order valence-electron chi connectivity index (χ3n) is 4.67. The smallest absolute Gasteiger partial charge is 0.327 e. The number of amides is 1. The lowest BCUT2D eigenvalue weighted by molar-refractivity contribution is -0.150. The molecule has 0 spiro atoms. The molecule has 12 heteroatoms. The van der Waals surface area contributed by atoms with Gasteiger partial charge < -0.3 is 19.7 Å². The van der Waals surface area contributed by atoms with E-state index in [0.717, 1.165) is 22.2 Å². The number of ether oxygens (including phenoxy) is 2. The van der Waals surface area contributed by atoms with Crippen LogP contribution in [0.5, 0.6) is 11.5 Å². The lowest BCUT2D eigenvalue weighted by atomic mass is 10.1. The molecule has 2 aromatic carbocycles. The normalized spacial score (nSPS) is 15.5. The van der Waals surface area contributed by atoms with E-state index in [9.17, 15) is 19.5 Å². The van der Waals surface area contributed by atoms with E-state index in [0.29, 0.717) is 27.1 Å². The quantitative estimate of drug-likeness (QED) is 0.344. The van der Waals surface area contributed by atoms with E-state index in [1.807, 2.05) is 0 Å². The first-order valence-electron chi connectivity index (χ1n) is 9.57. The number of rotatable bonds is 9. The van der Waals surface area contributed by atoms with Crippen LogP contribution in [0.15, 0.2) is 41.3 Å². The fraction of sp³-hybridized carbons (Fsp3) is 0.182. The molecule has 1 fully saturated rings. The topological polar surface area (TPSA) is 113 Å². The van der Waals surface area contributed by atoms with E-state index >= 15 is 0 Å². The Bertz CT molecular complexity index is 1200. The molecule has 2 N–H and O–H groups in total. The molecule has 3 rings (SSSR count). The molecule has 1 aliphatic heterocycles. The summed E-state index contributed by atoms with van der Waals surface area (Å²) < 4.78 is 11.2.